The SMILES string of the molecule is CCc1ccc(NC(=O)c2c(C)nc3cc(Cl)ccn23)cc1. The Hall–Kier alpha value is -2.33. The Bertz CT molecular complexity index is 837. The van der Waals surface area contributed by atoms with E-state index in [0.29, 0.717) is 22.1 Å². The summed E-state index contributed by atoms with van der Waals surface area (Å²) < 4.78 is 1.75. The molecule has 0 aliphatic heterocycles. The second-order valence-corrected chi connectivity index (χ2v) is 5.56. The van der Waals surface area contributed by atoms with Gasteiger partial charge in [0.15, 0.2) is 0 Å². The molecule has 3 aromatic rings. The lowest BCUT2D eigenvalue weighted by atomic mass is 10.1. The van der Waals surface area contributed by atoms with Gasteiger partial charge in [0.1, 0.15) is 11.3 Å². The molecule has 22 heavy (non-hydrogen) atoms. The first-order chi connectivity index (χ1) is 10.6. The predicted octanol–water partition coefficient (Wildman–Crippen LogP) is 4.11. The molecule has 1 N–H and O–H groups in total. The number of nitrogens with zero attached hydrogens (tertiary/aromatic N) is 2. The number of hydrogen-bond acceptors (Lipinski definition) is 2. The number of halogens is 1. The number of amides is 1. The van der Waals surface area contributed by atoms with Crippen molar-refractivity contribution >= 4 is 28.8 Å². The number of carbonyl (C=O) groups is 1. The number of hydrogen-bond donors (Lipinski definition) is 1. The van der Waals surface area contributed by atoms with Gasteiger partial charge in [-0.25, -0.2) is 4.98 Å². The van der Waals surface area contributed by atoms with E-state index in [1.54, 1.807) is 22.7 Å². The lowest BCUT2D eigenvalue weighted by Crippen LogP contribution is -2.15. The van der Waals surface area contributed by atoms with Crippen molar-refractivity contribution in [2.24, 2.45) is 0 Å². The summed E-state index contributed by atoms with van der Waals surface area (Å²) >= 11 is 5.96. The van der Waals surface area contributed by atoms with Crippen LogP contribution in [-0.4, -0.2) is 15.3 Å². The standard InChI is InChI=1S/C17H16ClN3O/c1-3-12-4-6-14(7-5-12)20-17(22)16-11(2)19-15-10-13(18)8-9-21(15)16/h4-10H,3H2,1-2H3,(H,20,22). The Balaban J connectivity index is 1.93. The fourth-order valence-electron chi connectivity index (χ4n) is 2.43. The molecule has 1 amide bonds. The molecule has 0 bridgehead atoms. The van der Waals surface area contributed by atoms with Crippen molar-refractivity contribution in [2.45, 2.75) is 20.3 Å². The topological polar surface area (TPSA) is 46.4 Å². The zero-order valence-electron chi connectivity index (χ0n) is 12.4. The van der Waals surface area contributed by atoms with E-state index in [1.807, 2.05) is 31.2 Å². The fraction of sp³-hybridized carbons (Fsp3) is 0.176. The average Bonchev–Trinajstić information content (AvgIpc) is 2.83. The molecule has 0 saturated heterocycles. The predicted molar refractivity (Wildman–Crippen MR) is 88.7 cm³/mol. The van der Waals surface area contributed by atoms with Crippen LogP contribution in [0.1, 0.15) is 28.7 Å². The Labute approximate surface area is 133 Å². The van der Waals surface area contributed by atoms with Crippen molar-refractivity contribution in [1.29, 1.82) is 0 Å². The maximum atomic E-state index is 12.5. The molecule has 0 saturated carbocycles. The highest BCUT2D eigenvalue weighted by Crippen LogP contribution is 2.18. The van der Waals surface area contributed by atoms with Crippen LogP contribution in [0.15, 0.2) is 42.6 Å². The maximum absolute atomic E-state index is 12.5. The first-order valence-electron chi connectivity index (χ1n) is 7.13. The van der Waals surface area contributed by atoms with Crippen LogP contribution in [0.25, 0.3) is 5.65 Å². The number of rotatable bonds is 3. The Kier molecular flexibility index (Phi) is 3.86. The summed E-state index contributed by atoms with van der Waals surface area (Å²) in [7, 11) is 0. The van der Waals surface area contributed by atoms with Gasteiger partial charge in [0.05, 0.1) is 5.69 Å². The normalized spacial score (nSPS) is 10.9. The van der Waals surface area contributed by atoms with E-state index in [4.69, 9.17) is 11.6 Å². The lowest BCUT2D eigenvalue weighted by molar-refractivity contribution is 0.102. The molecular weight excluding hydrogens is 298 g/mol. The summed E-state index contributed by atoms with van der Waals surface area (Å²) in [6.45, 7) is 3.91. The highest BCUT2D eigenvalue weighted by molar-refractivity contribution is 6.30. The number of benzene rings is 1. The van der Waals surface area contributed by atoms with Gasteiger partial charge in [-0.15, -0.1) is 0 Å². The van der Waals surface area contributed by atoms with E-state index in [1.165, 1.54) is 5.56 Å². The summed E-state index contributed by atoms with van der Waals surface area (Å²) in [6.07, 6.45) is 2.73. The number of pyridine rings is 1. The number of anilines is 1. The molecule has 3 rings (SSSR count). The van der Waals surface area contributed by atoms with E-state index < -0.39 is 0 Å². The zero-order chi connectivity index (χ0) is 15.7. The van der Waals surface area contributed by atoms with E-state index >= 15 is 0 Å². The first-order valence-corrected chi connectivity index (χ1v) is 7.51. The minimum absolute atomic E-state index is 0.184. The van der Waals surface area contributed by atoms with Gasteiger partial charge in [0, 0.05) is 23.0 Å². The van der Waals surface area contributed by atoms with Gasteiger partial charge < -0.3 is 5.32 Å². The van der Waals surface area contributed by atoms with Crippen LogP contribution in [-0.2, 0) is 6.42 Å². The molecular formula is C17H16ClN3O. The summed E-state index contributed by atoms with van der Waals surface area (Å²) in [5.41, 5.74) is 3.86. The van der Waals surface area contributed by atoms with Crippen molar-refractivity contribution in [3.8, 4) is 0 Å². The van der Waals surface area contributed by atoms with Crippen molar-refractivity contribution in [3.63, 3.8) is 0 Å². The molecule has 0 radical (unpaired) electrons. The third-order valence-corrected chi connectivity index (χ3v) is 3.83. The molecule has 0 aliphatic carbocycles. The molecule has 4 nitrogen and oxygen atoms in total. The Morgan fingerprint density at radius 1 is 1.27 bits per heavy atom. The number of carbonyl (C=O) groups excluding carboxylic acids is 1. The molecule has 2 heterocycles. The second kappa shape index (κ2) is 5.81. The van der Waals surface area contributed by atoms with E-state index in [9.17, 15) is 4.79 Å². The van der Waals surface area contributed by atoms with Gasteiger partial charge in [-0.05, 0) is 37.1 Å². The third kappa shape index (κ3) is 2.70. The van der Waals surface area contributed by atoms with Gasteiger partial charge in [0.25, 0.3) is 5.91 Å². The Morgan fingerprint density at radius 3 is 2.68 bits per heavy atom. The number of aryl methyl sites for hydroxylation is 2. The monoisotopic (exact) mass is 313 g/mol. The van der Waals surface area contributed by atoms with Crippen LogP contribution in [0.4, 0.5) is 5.69 Å². The van der Waals surface area contributed by atoms with Crippen molar-refractivity contribution in [2.75, 3.05) is 5.32 Å². The van der Waals surface area contributed by atoms with Gasteiger partial charge >= 0.3 is 0 Å². The highest BCUT2D eigenvalue weighted by atomic mass is 35.5. The fourth-order valence-corrected chi connectivity index (χ4v) is 2.58. The molecule has 5 heteroatoms. The molecule has 1 aromatic carbocycles. The molecule has 0 unspecified atom stereocenters. The van der Waals surface area contributed by atoms with Crippen molar-refractivity contribution in [1.82, 2.24) is 9.38 Å². The maximum Gasteiger partial charge on any atom is 0.274 e. The Morgan fingerprint density at radius 2 is 2.00 bits per heavy atom. The minimum atomic E-state index is -0.184. The minimum Gasteiger partial charge on any atom is -0.321 e. The van der Waals surface area contributed by atoms with Gasteiger partial charge in [-0.1, -0.05) is 30.7 Å². The lowest BCUT2D eigenvalue weighted by Gasteiger charge is -2.07. The third-order valence-electron chi connectivity index (χ3n) is 3.60. The number of nitrogens with one attached hydrogen (secondary N) is 1. The summed E-state index contributed by atoms with van der Waals surface area (Å²) in [5.74, 6) is -0.184. The van der Waals surface area contributed by atoms with Crippen LogP contribution in [0.3, 0.4) is 0 Å². The van der Waals surface area contributed by atoms with Crippen LogP contribution >= 0.6 is 11.6 Å². The average molecular weight is 314 g/mol. The molecule has 0 fully saturated rings. The highest BCUT2D eigenvalue weighted by Gasteiger charge is 2.16. The molecule has 0 atom stereocenters. The number of aromatic nitrogens is 2. The van der Waals surface area contributed by atoms with Gasteiger partial charge in [-0.3, -0.25) is 9.20 Å². The second-order valence-electron chi connectivity index (χ2n) is 5.12. The molecule has 112 valence electrons. The molecule has 0 aliphatic rings. The first kappa shape index (κ1) is 14.6. The quantitative estimate of drug-likeness (QED) is 0.791. The summed E-state index contributed by atoms with van der Waals surface area (Å²) in [4.78, 5) is 16.9. The van der Waals surface area contributed by atoms with E-state index in [2.05, 4.69) is 17.2 Å². The molecule has 0 spiro atoms. The number of fused-ring (bicyclic) bond motifs is 1. The van der Waals surface area contributed by atoms with Gasteiger partial charge in [-0.2, -0.15) is 0 Å². The smallest absolute Gasteiger partial charge is 0.274 e. The van der Waals surface area contributed by atoms with E-state index in [0.717, 1.165) is 12.1 Å². The van der Waals surface area contributed by atoms with Crippen molar-refractivity contribution in [3.05, 3.63) is 64.6 Å². The van der Waals surface area contributed by atoms with Crippen LogP contribution in [0, 0.1) is 6.92 Å². The van der Waals surface area contributed by atoms with Gasteiger partial charge in [0.2, 0.25) is 0 Å². The number of imidazole rings is 1. The van der Waals surface area contributed by atoms with Crippen LogP contribution in [0.2, 0.25) is 5.02 Å². The van der Waals surface area contributed by atoms with Crippen LogP contribution in [0.5, 0.6) is 0 Å². The largest absolute Gasteiger partial charge is 0.321 e. The van der Waals surface area contributed by atoms with Crippen LogP contribution < -0.4 is 5.32 Å². The molecule has 2 aromatic heterocycles. The van der Waals surface area contributed by atoms with Crippen molar-refractivity contribution < 1.29 is 4.79 Å². The zero-order valence-corrected chi connectivity index (χ0v) is 13.2. The van der Waals surface area contributed by atoms with E-state index in [-0.39, 0.29) is 5.91 Å². The summed E-state index contributed by atoms with van der Waals surface area (Å²) in [5, 5.41) is 3.51. The summed E-state index contributed by atoms with van der Waals surface area (Å²) in [6, 6.07) is 11.3.